The highest BCUT2D eigenvalue weighted by atomic mass is 79.9. The third-order valence-electron chi connectivity index (χ3n) is 9.90. The zero-order chi connectivity index (χ0) is 34.1. The van der Waals surface area contributed by atoms with Crippen LogP contribution in [0.15, 0.2) is 78.0 Å². The van der Waals surface area contributed by atoms with E-state index < -0.39 is 10.0 Å². The predicted molar refractivity (Wildman–Crippen MR) is 237 cm³/mol. The number of rotatable bonds is 16. The van der Waals surface area contributed by atoms with Crippen LogP contribution >= 0.6 is 110 Å². The average molecular weight is 909 g/mol. The van der Waals surface area contributed by atoms with Crippen molar-refractivity contribution in [3.8, 4) is 48.8 Å². The normalized spacial score (nSPS) is 15.4. The molecule has 0 amide bonds. The van der Waals surface area contributed by atoms with E-state index in [2.05, 4.69) is 143 Å². The van der Waals surface area contributed by atoms with E-state index in [1.165, 1.54) is 109 Å². The van der Waals surface area contributed by atoms with E-state index in [-0.39, 0.29) is 0 Å². The highest BCUT2D eigenvalue weighted by molar-refractivity contribution is 9.11. The van der Waals surface area contributed by atoms with Crippen LogP contribution in [-0.2, 0) is 0 Å². The second kappa shape index (κ2) is 16.3. The molecular formula is C40H44Br2S7. The van der Waals surface area contributed by atoms with Gasteiger partial charge in [0.05, 0.1) is 17.3 Å². The van der Waals surface area contributed by atoms with Crippen LogP contribution in [0.25, 0.3) is 48.8 Å². The van der Waals surface area contributed by atoms with E-state index in [1.807, 2.05) is 45.3 Å². The van der Waals surface area contributed by atoms with Gasteiger partial charge in [-0.3, -0.25) is 0 Å². The molecule has 0 radical (unpaired) electrons. The zero-order valence-corrected chi connectivity index (χ0v) is 37.5. The lowest BCUT2D eigenvalue weighted by Gasteiger charge is -2.42. The Kier molecular flexibility index (Phi) is 12.2. The van der Waals surface area contributed by atoms with Crippen molar-refractivity contribution in [3.63, 3.8) is 0 Å². The molecular weight excluding hydrogens is 865 g/mol. The summed E-state index contributed by atoms with van der Waals surface area (Å²) in [6, 6.07) is 23.7. The van der Waals surface area contributed by atoms with Crippen LogP contribution in [0, 0.1) is 11.8 Å². The second-order valence-corrected chi connectivity index (χ2v) is 25.7. The van der Waals surface area contributed by atoms with Crippen LogP contribution in [0.4, 0.5) is 0 Å². The maximum Gasteiger partial charge on any atom is 0.0705 e. The Morgan fingerprint density at radius 2 is 0.857 bits per heavy atom. The third kappa shape index (κ3) is 7.64. The minimum absolute atomic E-state index is 0.778. The lowest BCUT2D eigenvalue weighted by Crippen LogP contribution is -2.20. The molecule has 2 unspecified atom stereocenters. The van der Waals surface area contributed by atoms with Gasteiger partial charge in [0.1, 0.15) is 0 Å². The summed E-state index contributed by atoms with van der Waals surface area (Å²) >= 11 is 19.1. The Morgan fingerprint density at radius 1 is 0.490 bits per heavy atom. The van der Waals surface area contributed by atoms with Crippen LogP contribution in [0.5, 0.6) is 0 Å². The number of halogens is 2. The number of hydrogen-bond donors (Lipinski definition) is 0. The maximum atomic E-state index is 3.68. The van der Waals surface area contributed by atoms with Crippen LogP contribution < -0.4 is 0 Å². The molecule has 0 N–H and O–H groups in total. The van der Waals surface area contributed by atoms with Gasteiger partial charge < -0.3 is 0 Å². The molecule has 7 heterocycles. The lowest BCUT2D eigenvalue weighted by atomic mass is 10.0. The van der Waals surface area contributed by atoms with Gasteiger partial charge in [0.2, 0.25) is 0 Å². The summed E-state index contributed by atoms with van der Waals surface area (Å²) in [5.41, 5.74) is 0. The number of hydrogen-bond acceptors (Lipinski definition) is 6. The molecule has 2 atom stereocenters. The monoisotopic (exact) mass is 906 g/mol. The molecule has 0 saturated carbocycles. The van der Waals surface area contributed by atoms with Crippen molar-refractivity contribution >= 4 is 110 Å². The van der Waals surface area contributed by atoms with Gasteiger partial charge in [-0.1, -0.05) is 66.2 Å². The van der Waals surface area contributed by atoms with E-state index in [0.29, 0.717) is 0 Å². The van der Waals surface area contributed by atoms with Crippen molar-refractivity contribution in [1.82, 2.24) is 0 Å². The van der Waals surface area contributed by atoms with Gasteiger partial charge in [-0.15, -0.1) is 68.0 Å². The van der Waals surface area contributed by atoms with E-state index in [0.717, 1.165) is 11.8 Å². The second-order valence-electron chi connectivity index (χ2n) is 13.2. The molecule has 0 aliphatic carbocycles. The molecule has 0 aromatic carbocycles. The van der Waals surface area contributed by atoms with Gasteiger partial charge in [0.25, 0.3) is 0 Å². The van der Waals surface area contributed by atoms with Gasteiger partial charge in [0.15, 0.2) is 0 Å². The van der Waals surface area contributed by atoms with Gasteiger partial charge in [-0.2, -0.15) is 10.0 Å². The fraction of sp³-hybridized carbons (Fsp3) is 0.400. The molecule has 1 aliphatic rings. The Morgan fingerprint density at radius 3 is 1.20 bits per heavy atom. The molecule has 0 bridgehead atoms. The fourth-order valence-electron chi connectivity index (χ4n) is 7.13. The average Bonchev–Trinajstić information content (AvgIpc) is 3.94. The molecule has 0 saturated heterocycles. The lowest BCUT2D eigenvalue weighted by molar-refractivity contribution is 0.484. The van der Waals surface area contributed by atoms with Crippen LogP contribution in [0.2, 0.25) is 0 Å². The maximum absolute atomic E-state index is 3.68. The van der Waals surface area contributed by atoms with Gasteiger partial charge in [0, 0.05) is 48.8 Å². The SMILES string of the molecule is CCCCC(CC)CS1(CC(CC)CCCC)c2cc(-c3ccc(-c4ccc(Br)s4)s3)sc2-c2sc(-c3ccc(-c4ccc(Br)s4)s3)cc21. The first kappa shape index (κ1) is 36.9. The summed E-state index contributed by atoms with van der Waals surface area (Å²) < 4.78 is 2.40. The van der Waals surface area contributed by atoms with E-state index in [4.69, 9.17) is 0 Å². The van der Waals surface area contributed by atoms with Crippen molar-refractivity contribution in [3.05, 3.63) is 68.2 Å². The first-order chi connectivity index (χ1) is 23.8. The summed E-state index contributed by atoms with van der Waals surface area (Å²) in [5, 5.41) is 0. The summed E-state index contributed by atoms with van der Waals surface area (Å²) in [5.74, 6) is 4.27. The van der Waals surface area contributed by atoms with Crippen molar-refractivity contribution < 1.29 is 0 Å². The Hall–Kier alpha value is -0.490. The van der Waals surface area contributed by atoms with Crippen LogP contribution in [-0.4, -0.2) is 11.5 Å². The van der Waals surface area contributed by atoms with Crippen LogP contribution in [0.3, 0.4) is 0 Å². The molecule has 0 nitrogen and oxygen atoms in total. The summed E-state index contributed by atoms with van der Waals surface area (Å²) in [6.07, 6.45) is 10.6. The quantitative estimate of drug-likeness (QED) is 0.0908. The first-order valence-electron chi connectivity index (χ1n) is 17.6. The van der Waals surface area contributed by atoms with E-state index in [1.54, 1.807) is 19.5 Å². The highest BCUT2D eigenvalue weighted by Crippen LogP contribution is 2.77. The summed E-state index contributed by atoms with van der Waals surface area (Å²) in [6.45, 7) is 9.65. The summed E-state index contributed by atoms with van der Waals surface area (Å²) in [7, 11) is -1.20. The van der Waals surface area contributed by atoms with Crippen molar-refractivity contribution in [1.29, 1.82) is 0 Å². The molecule has 7 rings (SSSR count). The molecule has 0 spiro atoms. The Labute approximate surface area is 335 Å². The number of unbranched alkanes of at least 4 members (excludes halogenated alkanes) is 2. The van der Waals surface area contributed by atoms with Crippen LogP contribution in [0.1, 0.15) is 79.1 Å². The first-order valence-corrected chi connectivity index (χ1v) is 26.1. The topological polar surface area (TPSA) is 0 Å². The van der Waals surface area contributed by atoms with Crippen molar-refractivity contribution in [2.24, 2.45) is 11.8 Å². The Bertz CT molecular complexity index is 1850. The molecule has 6 aromatic heterocycles. The Balaban J connectivity index is 1.36. The smallest absolute Gasteiger partial charge is 0.0705 e. The number of fused-ring (bicyclic) bond motifs is 3. The van der Waals surface area contributed by atoms with Gasteiger partial charge in [-0.05, 0) is 129 Å². The third-order valence-corrected chi connectivity index (χ3v) is 23.2. The van der Waals surface area contributed by atoms with Crippen molar-refractivity contribution in [2.75, 3.05) is 11.5 Å². The van der Waals surface area contributed by atoms with Crippen molar-refractivity contribution in [2.45, 2.75) is 88.9 Å². The van der Waals surface area contributed by atoms with E-state index in [9.17, 15) is 0 Å². The highest BCUT2D eigenvalue weighted by Gasteiger charge is 2.44. The minimum atomic E-state index is -1.20. The van der Waals surface area contributed by atoms with Gasteiger partial charge >= 0.3 is 0 Å². The predicted octanol–water partition coefficient (Wildman–Crippen LogP) is 17.9. The largest absolute Gasteiger partial charge is 0.184 e. The minimum Gasteiger partial charge on any atom is -0.184 e. The number of thiophene rings is 6. The summed E-state index contributed by atoms with van der Waals surface area (Å²) in [4.78, 5) is 17.9. The molecule has 9 heteroatoms. The molecule has 1 aliphatic heterocycles. The van der Waals surface area contributed by atoms with E-state index >= 15 is 0 Å². The van der Waals surface area contributed by atoms with Gasteiger partial charge in [-0.25, -0.2) is 0 Å². The molecule has 6 aromatic rings. The molecule has 49 heavy (non-hydrogen) atoms. The fourth-order valence-corrected chi connectivity index (χ4v) is 21.1. The standard InChI is InChI=1S/C40H44Br2S7/c1-5-9-11-25(7-3)23-49(24-26(8-4)12-10-6-2)35-21-33(31-15-13-27(43-31)29-17-19-37(41)45-29)47-39(35)40-36(49)22-34(48-40)32-16-14-28(44-32)30-18-20-38(42)46-30/h13-22,25-26H,5-12,23-24H2,1-4H3. The molecule has 0 fully saturated rings. The molecule has 260 valence electrons. The zero-order valence-electron chi connectivity index (χ0n) is 28.6.